The van der Waals surface area contributed by atoms with Crippen molar-refractivity contribution in [3.8, 4) is 57.5 Å². The molecular weight excluding hydrogens is 1490 g/mol. The van der Waals surface area contributed by atoms with Gasteiger partial charge in [0, 0.05) is 135 Å². The number of ether oxygens (including phenoxy) is 5. The second-order valence-corrected chi connectivity index (χ2v) is 25.2. The summed E-state index contributed by atoms with van der Waals surface area (Å²) in [7, 11) is 1.79. The molecule has 0 fully saturated rings. The van der Waals surface area contributed by atoms with Crippen molar-refractivity contribution in [2.75, 3.05) is 0 Å². The average molecular weight is 1550 g/mol. The number of Topliss-reactive ketones (excluding diaryl/α,β-unsaturated/α-hetero) is 6. The van der Waals surface area contributed by atoms with E-state index in [0.717, 1.165) is 28.5 Å². The van der Waals surface area contributed by atoms with Crippen LogP contribution in [0.4, 0.5) is 0 Å². The maximum Gasteiger partial charge on any atom is 0.188 e. The number of thiazole rings is 1. The van der Waals surface area contributed by atoms with Gasteiger partial charge in [0.1, 0.15) is 104 Å². The molecule has 572 valence electrons. The minimum absolute atomic E-state index is 0.0627. The highest BCUT2D eigenvalue weighted by Gasteiger charge is 2.19. The molecule has 0 aromatic carbocycles. The molecule has 0 spiro atoms. The first-order valence-electron chi connectivity index (χ1n) is 34.9. The third kappa shape index (κ3) is 26.1. The number of rotatable bonds is 26. The van der Waals surface area contributed by atoms with Gasteiger partial charge in [-0.2, -0.15) is 5.10 Å². The fourth-order valence-corrected chi connectivity index (χ4v) is 10.8. The molecule has 15 aromatic rings. The zero-order chi connectivity index (χ0) is 80.5. The lowest BCUT2D eigenvalue weighted by atomic mass is 10.1. The van der Waals surface area contributed by atoms with Crippen LogP contribution in [0, 0.1) is 20.8 Å². The number of nitrogens with zero attached hydrogens (tertiary/aromatic N) is 20. The van der Waals surface area contributed by atoms with Gasteiger partial charge in [0.05, 0.1) is 75.3 Å². The molecule has 32 heteroatoms. The van der Waals surface area contributed by atoms with E-state index < -0.39 is 0 Å². The molecule has 0 atom stereocenters. The van der Waals surface area contributed by atoms with Crippen molar-refractivity contribution in [1.82, 2.24) is 99.5 Å². The van der Waals surface area contributed by atoms with E-state index in [2.05, 4.69) is 94.8 Å². The molecule has 0 saturated heterocycles. The first kappa shape index (κ1) is 80.5. The fraction of sp³-hybridized carbons (Fsp3) is 0.120. The summed E-state index contributed by atoms with van der Waals surface area (Å²) in [5.74, 6) is 5.71. The Morgan fingerprint density at radius 2 is 0.757 bits per heavy atom. The number of carbonyl (C=O) groups is 6. The Labute approximate surface area is 661 Å². The maximum absolute atomic E-state index is 12.4. The van der Waals surface area contributed by atoms with Crippen LogP contribution in [0.1, 0.15) is 115 Å². The SMILES string of the molecule is CC(=O)c1csc(CC(=O)c2cc(Oc3cncnc3)ccn2)n1.Cc1cc(CC(=O)c2cc(Oc3cccnc3)ccn2)ccn1.Cc1cccc(CC(=O)c2cc(Oc3cncnc3)ccn2)n1.Cc1nc(CC(=O)c2cc(Oc3cccnc3)ccn2)nn1C.O=C(Cc1ccccn1)c1cc(Oc2cncnc2)ccn1. The Balaban J connectivity index is 0.000000142. The van der Waals surface area contributed by atoms with Gasteiger partial charge in [-0.3, -0.25) is 83.3 Å². The van der Waals surface area contributed by atoms with Crippen LogP contribution >= 0.6 is 11.3 Å². The minimum Gasteiger partial charge on any atom is -0.456 e. The van der Waals surface area contributed by atoms with Gasteiger partial charge in [0.2, 0.25) is 0 Å². The zero-order valence-corrected chi connectivity index (χ0v) is 63.0. The van der Waals surface area contributed by atoms with Crippen molar-refractivity contribution in [1.29, 1.82) is 0 Å². The van der Waals surface area contributed by atoms with Crippen LogP contribution in [-0.4, -0.2) is 134 Å². The smallest absolute Gasteiger partial charge is 0.188 e. The van der Waals surface area contributed by atoms with Gasteiger partial charge in [-0.25, -0.2) is 39.9 Å². The number of ketones is 6. The zero-order valence-electron chi connectivity index (χ0n) is 62.2. The highest BCUT2D eigenvalue weighted by molar-refractivity contribution is 7.10. The van der Waals surface area contributed by atoms with E-state index in [9.17, 15) is 28.8 Å². The molecule has 0 N–H and O–H groups in total. The summed E-state index contributed by atoms with van der Waals surface area (Å²) in [5, 5.41) is 6.41. The molecule has 0 unspecified atom stereocenters. The minimum atomic E-state index is -0.200. The Morgan fingerprint density at radius 1 is 0.339 bits per heavy atom. The van der Waals surface area contributed by atoms with Gasteiger partial charge < -0.3 is 23.7 Å². The summed E-state index contributed by atoms with van der Waals surface area (Å²) in [6.07, 6.45) is 31.9. The first-order valence-corrected chi connectivity index (χ1v) is 35.8. The molecule has 0 radical (unpaired) electrons. The second kappa shape index (κ2) is 41.4. The molecule has 31 nitrogen and oxygen atoms in total. The number of pyridine rings is 10. The Hall–Kier alpha value is -15.5. The van der Waals surface area contributed by atoms with Crippen LogP contribution in [0.25, 0.3) is 0 Å². The lowest BCUT2D eigenvalue weighted by molar-refractivity contribution is 0.0978. The van der Waals surface area contributed by atoms with Crippen molar-refractivity contribution in [2.24, 2.45) is 7.05 Å². The Kier molecular flexibility index (Phi) is 29.0. The third-order valence-corrected chi connectivity index (χ3v) is 16.2. The van der Waals surface area contributed by atoms with E-state index in [1.807, 2.05) is 63.2 Å². The standard InChI is InChI=1S/C18H15N3O2.C17H14N4O2.C16H15N5O2.C16H12N4O3S.C16H12N4O2/c1-13-9-14(4-7-20-13)10-18(22)17-11-15(5-8-21-17)23-16-3-2-6-19-12-16;1-12-3-2-4-13(21-12)7-17(22)16-8-14(5-6-20-16)23-15-9-18-11-19-10-15;1-11-19-16(20-21(11)2)9-15(22)14-8-12(5-7-18-14)23-13-4-3-6-17-10-13;1-10(21)14-8-24-16(20-14)5-15(22)13-4-11(2-3-19-13)23-12-6-17-9-18-7-12;21-16(7-12-3-1-2-5-19-12)15-8-13(4-6-20-15)22-14-9-17-11-18-10-14/h2-9,11-12H,10H2,1H3;2-6,8-11H,7H2,1H3;3-8,10H,9H2,1-2H3;2-4,6-9H,5H2,1H3;1-6,8-11H,7H2. The number of hydrogen-bond acceptors (Lipinski definition) is 31. The van der Waals surface area contributed by atoms with E-state index in [-0.39, 0.29) is 72.5 Å². The molecule has 15 heterocycles. The van der Waals surface area contributed by atoms with Gasteiger partial charge in [-0.1, -0.05) is 12.1 Å². The van der Waals surface area contributed by atoms with Gasteiger partial charge >= 0.3 is 0 Å². The molecular formula is C83H68N20O11S. The molecule has 15 rings (SSSR count). The van der Waals surface area contributed by atoms with E-state index in [1.165, 1.54) is 74.4 Å². The van der Waals surface area contributed by atoms with Crippen LogP contribution < -0.4 is 23.7 Å². The highest BCUT2D eigenvalue weighted by atomic mass is 32.1. The lowest BCUT2D eigenvalue weighted by Gasteiger charge is -2.06. The summed E-state index contributed by atoms with van der Waals surface area (Å²) in [4.78, 5) is 146. The van der Waals surface area contributed by atoms with E-state index in [0.29, 0.717) is 102 Å². The lowest BCUT2D eigenvalue weighted by Crippen LogP contribution is -2.07. The van der Waals surface area contributed by atoms with Crippen LogP contribution in [0.5, 0.6) is 57.5 Å². The second-order valence-electron chi connectivity index (χ2n) is 24.3. The van der Waals surface area contributed by atoms with Crippen LogP contribution in [-0.2, 0) is 39.2 Å². The average Bonchev–Trinajstić information content (AvgIpc) is 1.84. The summed E-state index contributed by atoms with van der Waals surface area (Å²) < 4.78 is 29.7. The monoisotopic (exact) mass is 1550 g/mol. The number of aromatic nitrogens is 20. The van der Waals surface area contributed by atoms with E-state index in [4.69, 9.17) is 23.7 Å². The van der Waals surface area contributed by atoms with Crippen molar-refractivity contribution < 1.29 is 52.5 Å². The molecule has 0 aliphatic heterocycles. The summed E-state index contributed by atoms with van der Waals surface area (Å²) in [5.41, 5.74) is 6.11. The van der Waals surface area contributed by atoms with Crippen molar-refractivity contribution in [3.05, 3.63) is 342 Å². The van der Waals surface area contributed by atoms with E-state index in [1.54, 1.807) is 176 Å². The first-order chi connectivity index (χ1) is 55.9. The molecule has 0 aliphatic rings. The summed E-state index contributed by atoms with van der Waals surface area (Å²) >= 11 is 1.28. The van der Waals surface area contributed by atoms with Crippen molar-refractivity contribution in [3.63, 3.8) is 0 Å². The van der Waals surface area contributed by atoms with Crippen LogP contribution in [0.3, 0.4) is 0 Å². The fourth-order valence-electron chi connectivity index (χ4n) is 9.96. The maximum atomic E-state index is 12.4. The molecule has 0 saturated carbocycles. The third-order valence-electron chi connectivity index (χ3n) is 15.4. The topological polar surface area (TPSA) is 398 Å². The van der Waals surface area contributed by atoms with Crippen molar-refractivity contribution in [2.45, 2.75) is 59.8 Å². The predicted octanol–water partition coefficient (Wildman–Crippen LogP) is 13.6. The summed E-state index contributed by atoms with van der Waals surface area (Å²) in [6.45, 7) is 7.06. The largest absolute Gasteiger partial charge is 0.456 e. The molecule has 0 amide bonds. The number of carbonyl (C=O) groups excluding carboxylic acids is 6. The molecule has 15 aromatic heterocycles. The van der Waals surface area contributed by atoms with Crippen LogP contribution in [0.2, 0.25) is 0 Å². The molecule has 0 bridgehead atoms. The van der Waals surface area contributed by atoms with Crippen molar-refractivity contribution >= 4 is 46.0 Å². The number of hydrogen-bond donors (Lipinski definition) is 0. The highest BCUT2D eigenvalue weighted by Crippen LogP contribution is 2.27. The van der Waals surface area contributed by atoms with Gasteiger partial charge in [0.15, 0.2) is 57.8 Å². The number of aryl methyl sites for hydroxylation is 4. The summed E-state index contributed by atoms with van der Waals surface area (Å²) in [6, 6.07) is 38.3. The molecule has 115 heavy (non-hydrogen) atoms. The Bertz CT molecular complexity index is 5590. The van der Waals surface area contributed by atoms with Gasteiger partial charge in [-0.15, -0.1) is 11.3 Å². The Morgan fingerprint density at radius 3 is 1.16 bits per heavy atom. The molecule has 0 aliphatic carbocycles. The van der Waals surface area contributed by atoms with Gasteiger partial charge in [0.25, 0.3) is 0 Å². The van der Waals surface area contributed by atoms with Crippen LogP contribution in [0.15, 0.2) is 263 Å². The van der Waals surface area contributed by atoms with Gasteiger partial charge in [-0.05, 0) is 117 Å². The normalized spacial score (nSPS) is 10.3. The van der Waals surface area contributed by atoms with E-state index >= 15 is 0 Å². The predicted molar refractivity (Wildman–Crippen MR) is 416 cm³/mol. The quantitative estimate of drug-likeness (QED) is 0.0454.